The fourth-order valence-corrected chi connectivity index (χ4v) is 4.00. The van der Waals surface area contributed by atoms with E-state index < -0.39 is 10.0 Å². The fraction of sp³-hybridized carbons (Fsp3) is 0.273. The minimum absolute atomic E-state index is 0.571. The molecule has 16 heavy (non-hydrogen) atoms. The molecule has 0 bridgehead atoms. The summed E-state index contributed by atoms with van der Waals surface area (Å²) in [6.07, 6.45) is 1.64. The van der Waals surface area contributed by atoms with Gasteiger partial charge in [0, 0.05) is 17.7 Å². The lowest BCUT2D eigenvalue weighted by atomic mass is 10.2. The highest BCUT2D eigenvalue weighted by molar-refractivity contribution is 8.01. The number of hydrogen-bond donors (Lipinski definition) is 0. The summed E-state index contributed by atoms with van der Waals surface area (Å²) in [6.45, 7) is 0.617. The molecule has 0 unspecified atom stereocenters. The topological polar surface area (TPSA) is 37.4 Å². The van der Waals surface area contributed by atoms with Crippen LogP contribution in [-0.2, 0) is 10.0 Å². The third-order valence-electron chi connectivity index (χ3n) is 2.31. The van der Waals surface area contributed by atoms with Crippen molar-refractivity contribution in [2.24, 2.45) is 0 Å². The van der Waals surface area contributed by atoms with Crippen LogP contribution in [0.25, 0.3) is 6.08 Å². The average Bonchev–Trinajstić information content (AvgIpc) is 2.82. The van der Waals surface area contributed by atoms with Crippen LogP contribution in [0.3, 0.4) is 0 Å². The first-order chi connectivity index (χ1) is 7.68. The zero-order chi connectivity index (χ0) is 11.4. The van der Waals surface area contributed by atoms with Crippen molar-refractivity contribution in [3.63, 3.8) is 0 Å². The number of rotatable bonds is 3. The Morgan fingerprint density at radius 3 is 2.62 bits per heavy atom. The molecule has 0 saturated carbocycles. The van der Waals surface area contributed by atoms with Crippen LogP contribution in [0.15, 0.2) is 35.7 Å². The van der Waals surface area contributed by atoms with Gasteiger partial charge in [-0.3, -0.25) is 0 Å². The molecule has 1 aliphatic rings. The maximum absolute atomic E-state index is 11.8. The van der Waals surface area contributed by atoms with E-state index in [4.69, 9.17) is 0 Å². The summed E-state index contributed by atoms with van der Waals surface area (Å²) in [6, 6.07) is 9.44. The molecule has 0 N–H and O–H groups in total. The van der Waals surface area contributed by atoms with Gasteiger partial charge in [-0.15, -0.1) is 11.8 Å². The second-order valence-corrected chi connectivity index (χ2v) is 6.36. The number of nitrogens with zero attached hydrogens (tertiary/aromatic N) is 1. The van der Waals surface area contributed by atoms with E-state index in [1.807, 2.05) is 30.3 Å². The van der Waals surface area contributed by atoms with Gasteiger partial charge in [0.25, 0.3) is 0 Å². The monoisotopic (exact) mass is 255 g/mol. The standard InChI is InChI=1S/C11H13NO2S2/c13-16(14,12-7-8-15-10-12)9-6-11-4-2-1-3-5-11/h1-6,9H,7-8,10H2/b9-6+. The minimum atomic E-state index is -3.23. The van der Waals surface area contributed by atoms with E-state index in [1.165, 1.54) is 9.71 Å². The van der Waals surface area contributed by atoms with Crippen LogP contribution in [0.5, 0.6) is 0 Å². The minimum Gasteiger partial charge on any atom is -0.207 e. The van der Waals surface area contributed by atoms with Gasteiger partial charge in [-0.05, 0) is 11.6 Å². The molecule has 0 amide bonds. The molecule has 1 aromatic rings. The molecule has 1 heterocycles. The third-order valence-corrected chi connectivity index (χ3v) is 4.95. The highest BCUT2D eigenvalue weighted by atomic mass is 32.2. The third kappa shape index (κ3) is 2.87. The van der Waals surface area contributed by atoms with Crippen LogP contribution in [-0.4, -0.2) is 30.9 Å². The van der Waals surface area contributed by atoms with Crippen molar-refractivity contribution >= 4 is 27.9 Å². The molecule has 0 radical (unpaired) electrons. The summed E-state index contributed by atoms with van der Waals surface area (Å²) < 4.78 is 25.2. The van der Waals surface area contributed by atoms with Crippen molar-refractivity contribution in [3.05, 3.63) is 41.3 Å². The molecule has 2 rings (SSSR count). The molecular weight excluding hydrogens is 242 g/mol. The molecule has 3 nitrogen and oxygen atoms in total. The van der Waals surface area contributed by atoms with Crippen LogP contribution in [0.2, 0.25) is 0 Å². The first-order valence-electron chi connectivity index (χ1n) is 4.99. The van der Waals surface area contributed by atoms with E-state index in [9.17, 15) is 8.42 Å². The van der Waals surface area contributed by atoms with Crippen LogP contribution < -0.4 is 0 Å². The fourth-order valence-electron chi connectivity index (χ4n) is 1.41. The van der Waals surface area contributed by atoms with Gasteiger partial charge < -0.3 is 0 Å². The first-order valence-corrected chi connectivity index (χ1v) is 7.65. The zero-order valence-electron chi connectivity index (χ0n) is 8.74. The lowest BCUT2D eigenvalue weighted by molar-refractivity contribution is 0.499. The van der Waals surface area contributed by atoms with Crippen molar-refractivity contribution in [2.75, 3.05) is 18.2 Å². The molecule has 1 aliphatic heterocycles. The predicted octanol–water partition coefficient (Wildman–Crippen LogP) is 1.99. The largest absolute Gasteiger partial charge is 0.237 e. The molecule has 0 spiro atoms. The Hall–Kier alpha value is -0.780. The van der Waals surface area contributed by atoms with Crippen LogP contribution in [0.4, 0.5) is 0 Å². The zero-order valence-corrected chi connectivity index (χ0v) is 10.4. The molecule has 86 valence electrons. The van der Waals surface area contributed by atoms with E-state index in [1.54, 1.807) is 17.8 Å². The Morgan fingerprint density at radius 2 is 2.00 bits per heavy atom. The summed E-state index contributed by atoms with van der Waals surface area (Å²) >= 11 is 1.64. The summed E-state index contributed by atoms with van der Waals surface area (Å²) in [5.74, 6) is 1.46. The molecule has 0 aliphatic carbocycles. The predicted molar refractivity (Wildman–Crippen MR) is 68.4 cm³/mol. The molecular formula is C11H13NO2S2. The normalized spacial score (nSPS) is 18.2. The van der Waals surface area contributed by atoms with E-state index in [0.29, 0.717) is 12.4 Å². The Labute approximate surface area is 100 Å². The van der Waals surface area contributed by atoms with Crippen molar-refractivity contribution in [1.29, 1.82) is 0 Å². The first kappa shape index (κ1) is 11.7. The van der Waals surface area contributed by atoms with E-state index >= 15 is 0 Å². The average molecular weight is 255 g/mol. The number of thioether (sulfide) groups is 1. The van der Waals surface area contributed by atoms with Gasteiger partial charge in [-0.2, -0.15) is 4.31 Å². The maximum atomic E-state index is 11.8. The SMILES string of the molecule is O=S(=O)(/C=C/c1ccccc1)N1CCSC1. The van der Waals surface area contributed by atoms with E-state index in [-0.39, 0.29) is 0 Å². The van der Waals surface area contributed by atoms with Crippen LogP contribution in [0, 0.1) is 0 Å². The van der Waals surface area contributed by atoms with Gasteiger partial charge in [-0.25, -0.2) is 8.42 Å². The Kier molecular flexibility index (Phi) is 3.68. The van der Waals surface area contributed by atoms with Gasteiger partial charge in [-0.1, -0.05) is 30.3 Å². The van der Waals surface area contributed by atoms with Gasteiger partial charge in [0.15, 0.2) is 0 Å². The highest BCUT2D eigenvalue weighted by Crippen LogP contribution is 2.18. The molecule has 5 heteroatoms. The summed E-state index contributed by atoms with van der Waals surface area (Å²) in [5, 5.41) is 1.29. The van der Waals surface area contributed by atoms with Crippen molar-refractivity contribution in [2.45, 2.75) is 0 Å². The van der Waals surface area contributed by atoms with Gasteiger partial charge in [0.2, 0.25) is 10.0 Å². The second kappa shape index (κ2) is 5.03. The molecule has 1 fully saturated rings. The van der Waals surface area contributed by atoms with Gasteiger partial charge >= 0.3 is 0 Å². The maximum Gasteiger partial charge on any atom is 0.237 e. The van der Waals surface area contributed by atoms with Crippen LogP contribution >= 0.6 is 11.8 Å². The number of hydrogen-bond acceptors (Lipinski definition) is 3. The van der Waals surface area contributed by atoms with E-state index in [0.717, 1.165) is 11.3 Å². The lowest BCUT2D eigenvalue weighted by Crippen LogP contribution is -2.25. The number of sulfonamides is 1. The molecule has 0 atom stereocenters. The summed E-state index contributed by atoms with van der Waals surface area (Å²) in [7, 11) is -3.23. The van der Waals surface area contributed by atoms with E-state index in [2.05, 4.69) is 0 Å². The molecule has 1 saturated heterocycles. The summed E-state index contributed by atoms with van der Waals surface area (Å²) in [5.41, 5.74) is 0.901. The Balaban J connectivity index is 2.11. The number of benzene rings is 1. The Morgan fingerprint density at radius 1 is 1.25 bits per heavy atom. The summed E-state index contributed by atoms with van der Waals surface area (Å²) in [4.78, 5) is 0. The van der Waals surface area contributed by atoms with Gasteiger partial charge in [0.05, 0.1) is 5.88 Å². The van der Waals surface area contributed by atoms with Gasteiger partial charge in [0.1, 0.15) is 0 Å². The molecule has 0 aromatic heterocycles. The van der Waals surface area contributed by atoms with Crippen molar-refractivity contribution in [1.82, 2.24) is 4.31 Å². The smallest absolute Gasteiger partial charge is 0.207 e. The highest BCUT2D eigenvalue weighted by Gasteiger charge is 2.22. The Bertz CT molecular complexity index is 462. The van der Waals surface area contributed by atoms with Crippen molar-refractivity contribution < 1.29 is 8.42 Å². The molecule has 1 aromatic carbocycles. The van der Waals surface area contributed by atoms with Crippen molar-refractivity contribution in [3.8, 4) is 0 Å². The van der Waals surface area contributed by atoms with Crippen LogP contribution in [0.1, 0.15) is 5.56 Å². The quantitative estimate of drug-likeness (QED) is 0.829. The second-order valence-electron chi connectivity index (χ2n) is 3.47. The lowest BCUT2D eigenvalue weighted by Gasteiger charge is -2.10.